The van der Waals surface area contributed by atoms with E-state index in [1.54, 1.807) is 0 Å². The first-order valence-electron chi connectivity index (χ1n) is 7.12. The van der Waals surface area contributed by atoms with E-state index in [-0.39, 0.29) is 11.6 Å². The van der Waals surface area contributed by atoms with E-state index >= 15 is 0 Å². The van der Waals surface area contributed by atoms with Gasteiger partial charge in [0.15, 0.2) is 5.79 Å². The van der Waals surface area contributed by atoms with Gasteiger partial charge in [-0.05, 0) is 31.0 Å². The standard InChI is InChI=1S/C15H17ClFNO3/c16-10-1-2-13(17)12(9-10)14(19)18-11-3-5-15(6-4-11)20-7-8-21-15/h1-2,9,11H,3-8H2,(H,18,19). The molecule has 1 saturated heterocycles. The Hall–Kier alpha value is -1.17. The Morgan fingerprint density at radius 2 is 1.95 bits per heavy atom. The number of nitrogens with one attached hydrogen (secondary N) is 1. The van der Waals surface area contributed by atoms with Crippen molar-refractivity contribution in [3.05, 3.63) is 34.6 Å². The first-order chi connectivity index (χ1) is 10.1. The molecule has 0 aromatic heterocycles. The minimum absolute atomic E-state index is 0.00862. The highest BCUT2D eigenvalue weighted by molar-refractivity contribution is 6.31. The van der Waals surface area contributed by atoms with Crippen LogP contribution in [-0.4, -0.2) is 30.9 Å². The van der Waals surface area contributed by atoms with Gasteiger partial charge in [-0.2, -0.15) is 0 Å². The van der Waals surface area contributed by atoms with Gasteiger partial charge in [0.1, 0.15) is 5.82 Å². The summed E-state index contributed by atoms with van der Waals surface area (Å²) in [6, 6.07) is 3.98. The molecular formula is C15H17ClFNO3. The summed E-state index contributed by atoms with van der Waals surface area (Å²) in [5.74, 6) is -1.45. The van der Waals surface area contributed by atoms with E-state index < -0.39 is 17.5 Å². The number of rotatable bonds is 2. The normalized spacial score (nSPS) is 21.6. The quantitative estimate of drug-likeness (QED) is 0.913. The van der Waals surface area contributed by atoms with Crippen molar-refractivity contribution in [1.82, 2.24) is 5.32 Å². The largest absolute Gasteiger partial charge is 0.349 e. The van der Waals surface area contributed by atoms with Crippen LogP contribution in [0.1, 0.15) is 36.0 Å². The minimum atomic E-state index is -0.563. The third-order valence-electron chi connectivity index (χ3n) is 4.07. The molecule has 114 valence electrons. The van der Waals surface area contributed by atoms with Crippen molar-refractivity contribution in [2.75, 3.05) is 13.2 Å². The zero-order chi connectivity index (χ0) is 14.9. The first kappa shape index (κ1) is 14.8. The summed E-state index contributed by atoms with van der Waals surface area (Å²) in [4.78, 5) is 12.1. The van der Waals surface area contributed by atoms with Gasteiger partial charge in [-0.3, -0.25) is 4.79 Å². The predicted molar refractivity (Wildman–Crippen MR) is 75.8 cm³/mol. The lowest BCUT2D eigenvalue weighted by Crippen LogP contribution is -2.44. The van der Waals surface area contributed by atoms with Crippen molar-refractivity contribution in [1.29, 1.82) is 0 Å². The highest BCUT2D eigenvalue weighted by Crippen LogP contribution is 2.35. The number of hydrogen-bond donors (Lipinski definition) is 1. The van der Waals surface area contributed by atoms with Crippen LogP contribution in [0.4, 0.5) is 4.39 Å². The van der Waals surface area contributed by atoms with Crippen LogP contribution in [0, 0.1) is 5.82 Å². The summed E-state index contributed by atoms with van der Waals surface area (Å²) in [6.45, 7) is 1.26. The molecule has 1 N–H and O–H groups in total. The van der Waals surface area contributed by atoms with Crippen LogP contribution in [0.25, 0.3) is 0 Å². The number of amides is 1. The highest BCUT2D eigenvalue weighted by atomic mass is 35.5. The van der Waals surface area contributed by atoms with Crippen molar-refractivity contribution in [2.45, 2.75) is 37.5 Å². The van der Waals surface area contributed by atoms with E-state index in [1.165, 1.54) is 18.2 Å². The van der Waals surface area contributed by atoms with E-state index in [4.69, 9.17) is 21.1 Å². The van der Waals surface area contributed by atoms with Crippen molar-refractivity contribution < 1.29 is 18.7 Å². The van der Waals surface area contributed by atoms with Gasteiger partial charge in [0, 0.05) is 23.9 Å². The maximum Gasteiger partial charge on any atom is 0.254 e. The Balaban J connectivity index is 1.60. The molecule has 1 heterocycles. The number of halogens is 2. The zero-order valence-electron chi connectivity index (χ0n) is 11.5. The fraction of sp³-hybridized carbons (Fsp3) is 0.533. The summed E-state index contributed by atoms with van der Waals surface area (Å²) in [7, 11) is 0. The molecule has 1 spiro atoms. The van der Waals surface area contributed by atoms with E-state index in [2.05, 4.69) is 5.32 Å². The molecule has 4 nitrogen and oxygen atoms in total. The molecule has 0 radical (unpaired) electrons. The van der Waals surface area contributed by atoms with Gasteiger partial charge in [-0.1, -0.05) is 11.6 Å². The monoisotopic (exact) mass is 313 g/mol. The maximum absolute atomic E-state index is 13.7. The van der Waals surface area contributed by atoms with E-state index in [9.17, 15) is 9.18 Å². The lowest BCUT2D eigenvalue weighted by molar-refractivity contribution is -0.179. The van der Waals surface area contributed by atoms with Crippen LogP contribution in [0.2, 0.25) is 5.02 Å². The van der Waals surface area contributed by atoms with Gasteiger partial charge < -0.3 is 14.8 Å². The van der Waals surface area contributed by atoms with Gasteiger partial charge >= 0.3 is 0 Å². The number of hydrogen-bond acceptors (Lipinski definition) is 3. The lowest BCUT2D eigenvalue weighted by Gasteiger charge is -2.35. The minimum Gasteiger partial charge on any atom is -0.349 e. The van der Waals surface area contributed by atoms with Crippen molar-refractivity contribution in [3.63, 3.8) is 0 Å². The highest BCUT2D eigenvalue weighted by Gasteiger charge is 2.40. The topological polar surface area (TPSA) is 47.6 Å². The van der Waals surface area contributed by atoms with Crippen molar-refractivity contribution >= 4 is 17.5 Å². The van der Waals surface area contributed by atoms with Crippen LogP contribution in [0.5, 0.6) is 0 Å². The SMILES string of the molecule is O=C(NC1CCC2(CC1)OCCO2)c1cc(Cl)ccc1F. The molecule has 0 bridgehead atoms. The molecule has 1 saturated carbocycles. The predicted octanol–water partition coefficient (Wildman–Crippen LogP) is 2.89. The number of carbonyl (C=O) groups is 1. The van der Waals surface area contributed by atoms with Crippen LogP contribution >= 0.6 is 11.6 Å². The zero-order valence-corrected chi connectivity index (χ0v) is 12.3. The number of carbonyl (C=O) groups excluding carboxylic acids is 1. The third kappa shape index (κ3) is 3.20. The maximum atomic E-state index is 13.7. The van der Waals surface area contributed by atoms with Gasteiger partial charge in [-0.15, -0.1) is 0 Å². The van der Waals surface area contributed by atoms with Gasteiger partial charge in [0.2, 0.25) is 0 Å². The molecule has 0 atom stereocenters. The fourth-order valence-corrected chi connectivity index (χ4v) is 3.09. The Morgan fingerprint density at radius 1 is 1.29 bits per heavy atom. The molecule has 2 fully saturated rings. The first-order valence-corrected chi connectivity index (χ1v) is 7.50. The van der Waals surface area contributed by atoms with Gasteiger partial charge in [0.25, 0.3) is 5.91 Å². The Kier molecular flexibility index (Phi) is 4.15. The lowest BCUT2D eigenvalue weighted by atomic mass is 9.90. The Morgan fingerprint density at radius 3 is 2.62 bits per heavy atom. The van der Waals surface area contributed by atoms with Crippen molar-refractivity contribution in [3.8, 4) is 0 Å². The van der Waals surface area contributed by atoms with E-state index in [0.717, 1.165) is 25.7 Å². The van der Waals surface area contributed by atoms with Crippen LogP contribution in [0.15, 0.2) is 18.2 Å². The molecule has 0 unspecified atom stereocenters. The second kappa shape index (κ2) is 5.91. The van der Waals surface area contributed by atoms with E-state index in [1.807, 2.05) is 0 Å². The molecule has 6 heteroatoms. The summed E-state index contributed by atoms with van der Waals surface area (Å²) in [6.07, 6.45) is 3.01. The molecule has 21 heavy (non-hydrogen) atoms. The summed E-state index contributed by atoms with van der Waals surface area (Å²) in [5, 5.41) is 3.21. The average Bonchev–Trinajstić information content (AvgIpc) is 2.93. The average molecular weight is 314 g/mol. The van der Waals surface area contributed by atoms with E-state index in [0.29, 0.717) is 18.2 Å². The summed E-state index contributed by atoms with van der Waals surface area (Å²) in [5.41, 5.74) is -0.0175. The number of benzene rings is 1. The van der Waals surface area contributed by atoms with Gasteiger partial charge in [-0.25, -0.2) is 4.39 Å². The van der Waals surface area contributed by atoms with Crippen LogP contribution in [0.3, 0.4) is 0 Å². The molecule has 1 aliphatic heterocycles. The Labute approximate surface area is 127 Å². The molecule has 3 rings (SSSR count). The molecule has 1 aromatic carbocycles. The number of ether oxygens (including phenoxy) is 2. The molecule has 1 aromatic rings. The molecule has 2 aliphatic rings. The second-order valence-electron chi connectivity index (χ2n) is 5.48. The fourth-order valence-electron chi connectivity index (χ4n) is 2.92. The molecule has 1 aliphatic carbocycles. The smallest absolute Gasteiger partial charge is 0.254 e. The van der Waals surface area contributed by atoms with Crippen molar-refractivity contribution in [2.24, 2.45) is 0 Å². The summed E-state index contributed by atoms with van der Waals surface area (Å²) < 4.78 is 24.9. The molecular weight excluding hydrogens is 297 g/mol. The second-order valence-corrected chi connectivity index (χ2v) is 5.92. The van der Waals surface area contributed by atoms with Crippen LogP contribution in [-0.2, 0) is 9.47 Å². The molecule has 1 amide bonds. The summed E-state index contributed by atoms with van der Waals surface area (Å²) >= 11 is 5.81. The third-order valence-corrected chi connectivity index (χ3v) is 4.30. The van der Waals surface area contributed by atoms with Gasteiger partial charge in [0.05, 0.1) is 18.8 Å². The Bertz CT molecular complexity index is 536. The van der Waals surface area contributed by atoms with Crippen LogP contribution < -0.4 is 5.32 Å².